The largest absolute Gasteiger partial charge is 0.313 e. The first-order chi connectivity index (χ1) is 9.39. The van der Waals surface area contributed by atoms with Crippen molar-refractivity contribution < 1.29 is 0 Å². The Morgan fingerprint density at radius 3 is 2.15 bits per heavy atom. The summed E-state index contributed by atoms with van der Waals surface area (Å²) in [5.41, 5.74) is 3.67. The van der Waals surface area contributed by atoms with Crippen LogP contribution in [0.3, 0.4) is 0 Å². The lowest BCUT2D eigenvalue weighted by Crippen LogP contribution is -2.48. The molecule has 2 aliphatic carbocycles. The lowest BCUT2D eigenvalue weighted by atomic mass is 9.59. The zero-order chi connectivity index (χ0) is 14.4. The average Bonchev–Trinajstić information content (AvgIpc) is 3.16. The predicted molar refractivity (Wildman–Crippen MR) is 86.2 cm³/mol. The molecule has 0 amide bonds. The van der Waals surface area contributed by atoms with Crippen LogP contribution in [0.15, 0.2) is 24.3 Å². The Balaban J connectivity index is 1.77. The molecule has 1 heteroatoms. The van der Waals surface area contributed by atoms with Gasteiger partial charge in [-0.2, -0.15) is 0 Å². The first-order valence-corrected chi connectivity index (χ1v) is 8.23. The summed E-state index contributed by atoms with van der Waals surface area (Å²) < 4.78 is 0. The van der Waals surface area contributed by atoms with Crippen LogP contribution in [0.25, 0.3) is 0 Å². The average molecular weight is 271 g/mol. The second kappa shape index (κ2) is 4.87. The Morgan fingerprint density at radius 2 is 1.70 bits per heavy atom. The van der Waals surface area contributed by atoms with Gasteiger partial charge in [0.25, 0.3) is 0 Å². The molecule has 0 heterocycles. The van der Waals surface area contributed by atoms with Gasteiger partial charge in [0.15, 0.2) is 0 Å². The van der Waals surface area contributed by atoms with Crippen molar-refractivity contribution in [2.75, 3.05) is 6.54 Å². The van der Waals surface area contributed by atoms with Crippen molar-refractivity contribution in [2.24, 2.45) is 5.92 Å². The molecule has 0 aliphatic heterocycles. The van der Waals surface area contributed by atoms with Gasteiger partial charge in [0.2, 0.25) is 0 Å². The molecule has 0 radical (unpaired) electrons. The van der Waals surface area contributed by atoms with Crippen LogP contribution in [0.1, 0.15) is 64.5 Å². The number of hydrogen-bond donors (Lipinski definition) is 1. The van der Waals surface area contributed by atoms with Crippen molar-refractivity contribution in [3.63, 3.8) is 0 Å². The number of benzene rings is 1. The molecule has 3 rings (SSSR count). The minimum atomic E-state index is 0.255. The monoisotopic (exact) mass is 271 g/mol. The van der Waals surface area contributed by atoms with Gasteiger partial charge >= 0.3 is 0 Å². The zero-order valence-electron chi connectivity index (χ0n) is 13.5. The van der Waals surface area contributed by atoms with Gasteiger partial charge in [-0.1, -0.05) is 52.0 Å². The molecule has 1 nitrogen and oxygen atoms in total. The molecule has 0 aromatic heterocycles. The molecular weight excluding hydrogens is 242 g/mol. The van der Waals surface area contributed by atoms with E-state index >= 15 is 0 Å². The molecule has 0 spiro atoms. The van der Waals surface area contributed by atoms with Crippen LogP contribution in [0.4, 0.5) is 0 Å². The Morgan fingerprint density at radius 1 is 1.10 bits per heavy atom. The number of rotatable bonds is 4. The summed E-state index contributed by atoms with van der Waals surface area (Å²) in [6, 6.07) is 10.3. The van der Waals surface area contributed by atoms with Crippen molar-refractivity contribution in [1.29, 1.82) is 0 Å². The Hall–Kier alpha value is -0.820. The van der Waals surface area contributed by atoms with Gasteiger partial charge in [-0.05, 0) is 48.1 Å². The molecular formula is C19H29N. The molecule has 110 valence electrons. The van der Waals surface area contributed by atoms with Crippen LogP contribution in [-0.2, 0) is 10.8 Å². The third-order valence-electron chi connectivity index (χ3n) is 5.15. The third kappa shape index (κ3) is 2.79. The van der Waals surface area contributed by atoms with E-state index in [9.17, 15) is 0 Å². The molecule has 0 saturated heterocycles. The Kier molecular flexibility index (Phi) is 3.44. The first kappa shape index (κ1) is 14.1. The van der Waals surface area contributed by atoms with E-state index in [0.29, 0.717) is 5.41 Å². The first-order valence-electron chi connectivity index (χ1n) is 8.23. The van der Waals surface area contributed by atoms with Crippen LogP contribution < -0.4 is 5.32 Å². The van der Waals surface area contributed by atoms with E-state index in [1.807, 2.05) is 0 Å². The van der Waals surface area contributed by atoms with E-state index in [1.54, 1.807) is 5.56 Å². The fourth-order valence-corrected chi connectivity index (χ4v) is 3.71. The van der Waals surface area contributed by atoms with E-state index in [2.05, 4.69) is 57.3 Å². The summed E-state index contributed by atoms with van der Waals surface area (Å²) >= 11 is 0. The normalized spacial score (nSPS) is 30.1. The molecule has 1 aromatic rings. The van der Waals surface area contributed by atoms with Crippen molar-refractivity contribution in [3.05, 3.63) is 35.4 Å². The van der Waals surface area contributed by atoms with Crippen LogP contribution in [0, 0.1) is 5.92 Å². The minimum absolute atomic E-state index is 0.255. The number of hydrogen-bond acceptors (Lipinski definition) is 1. The van der Waals surface area contributed by atoms with Gasteiger partial charge in [0.1, 0.15) is 0 Å². The highest BCUT2D eigenvalue weighted by Crippen LogP contribution is 2.47. The van der Waals surface area contributed by atoms with Crippen molar-refractivity contribution in [1.82, 2.24) is 5.32 Å². The highest BCUT2D eigenvalue weighted by Gasteiger charge is 2.43. The maximum atomic E-state index is 3.76. The van der Waals surface area contributed by atoms with E-state index in [0.717, 1.165) is 12.0 Å². The summed E-state index contributed by atoms with van der Waals surface area (Å²) in [6.07, 6.45) is 5.46. The molecule has 2 saturated carbocycles. The van der Waals surface area contributed by atoms with E-state index in [1.165, 1.54) is 37.8 Å². The summed E-state index contributed by atoms with van der Waals surface area (Å²) in [5, 5.41) is 3.76. The van der Waals surface area contributed by atoms with Crippen LogP contribution in [0.5, 0.6) is 0 Å². The standard InChI is InChI=1S/C19H29N/c1-14-11-19(12-14,13-20-17-9-10-17)16-7-5-15(6-8-16)18(2,3)4/h5-8,14,17,20H,9-13H2,1-4H3. The van der Waals surface area contributed by atoms with E-state index < -0.39 is 0 Å². The zero-order valence-corrected chi connectivity index (χ0v) is 13.5. The second-order valence-corrected chi connectivity index (χ2v) is 8.28. The number of nitrogens with one attached hydrogen (secondary N) is 1. The molecule has 0 atom stereocenters. The lowest BCUT2D eigenvalue weighted by molar-refractivity contribution is 0.152. The summed E-state index contributed by atoms with van der Waals surface area (Å²) in [6.45, 7) is 10.4. The molecule has 20 heavy (non-hydrogen) atoms. The van der Waals surface area contributed by atoms with E-state index in [4.69, 9.17) is 0 Å². The maximum absolute atomic E-state index is 3.76. The van der Waals surface area contributed by atoms with Crippen LogP contribution in [0.2, 0.25) is 0 Å². The molecule has 0 unspecified atom stereocenters. The summed E-state index contributed by atoms with van der Waals surface area (Å²) in [7, 11) is 0. The third-order valence-corrected chi connectivity index (χ3v) is 5.15. The fourth-order valence-electron chi connectivity index (χ4n) is 3.71. The van der Waals surface area contributed by atoms with Gasteiger partial charge < -0.3 is 5.32 Å². The van der Waals surface area contributed by atoms with Crippen molar-refractivity contribution in [2.45, 2.75) is 70.3 Å². The van der Waals surface area contributed by atoms with Gasteiger partial charge in [0.05, 0.1) is 0 Å². The Bertz CT molecular complexity index is 456. The Labute approximate surface area is 124 Å². The molecule has 2 aliphatic rings. The van der Waals surface area contributed by atoms with Gasteiger partial charge in [-0.15, -0.1) is 0 Å². The minimum Gasteiger partial charge on any atom is -0.313 e. The van der Waals surface area contributed by atoms with Crippen LogP contribution in [-0.4, -0.2) is 12.6 Å². The smallest absolute Gasteiger partial charge is 0.00829 e. The van der Waals surface area contributed by atoms with E-state index in [-0.39, 0.29) is 5.41 Å². The molecule has 1 N–H and O–H groups in total. The quantitative estimate of drug-likeness (QED) is 0.855. The molecule has 2 fully saturated rings. The van der Waals surface area contributed by atoms with Gasteiger partial charge in [-0.25, -0.2) is 0 Å². The van der Waals surface area contributed by atoms with Gasteiger partial charge in [0, 0.05) is 18.0 Å². The van der Waals surface area contributed by atoms with Crippen LogP contribution >= 0.6 is 0 Å². The highest BCUT2D eigenvalue weighted by molar-refractivity contribution is 5.34. The highest BCUT2D eigenvalue weighted by atomic mass is 15.0. The molecule has 1 aromatic carbocycles. The van der Waals surface area contributed by atoms with Crippen molar-refractivity contribution >= 4 is 0 Å². The summed E-state index contributed by atoms with van der Waals surface area (Å²) in [4.78, 5) is 0. The predicted octanol–water partition coefficient (Wildman–Crippen LogP) is 4.40. The van der Waals surface area contributed by atoms with Gasteiger partial charge in [-0.3, -0.25) is 0 Å². The lowest BCUT2D eigenvalue weighted by Gasteiger charge is -2.47. The maximum Gasteiger partial charge on any atom is 0.00829 e. The topological polar surface area (TPSA) is 12.0 Å². The fraction of sp³-hybridized carbons (Fsp3) is 0.684. The molecule has 0 bridgehead atoms. The second-order valence-electron chi connectivity index (χ2n) is 8.28. The van der Waals surface area contributed by atoms with Crippen molar-refractivity contribution in [3.8, 4) is 0 Å². The summed E-state index contributed by atoms with van der Waals surface area (Å²) in [5.74, 6) is 0.887. The SMILES string of the molecule is CC1CC(CNC2CC2)(c2ccc(C(C)(C)C)cc2)C1.